The first kappa shape index (κ1) is 40.5. The molecular formula is C45H54N2O6. The molecular weight excluding hydrogens is 665 g/mol. The van der Waals surface area contributed by atoms with Gasteiger partial charge in [0.2, 0.25) is 0 Å². The molecule has 8 nitrogen and oxygen atoms in total. The van der Waals surface area contributed by atoms with Gasteiger partial charge in [0.1, 0.15) is 11.5 Å². The highest BCUT2D eigenvalue weighted by molar-refractivity contribution is 6.13. The predicted octanol–water partition coefficient (Wildman–Crippen LogP) is 10.4. The van der Waals surface area contributed by atoms with Gasteiger partial charge in [-0.1, -0.05) is 27.7 Å². The van der Waals surface area contributed by atoms with Crippen LogP contribution in [-0.4, -0.2) is 47.7 Å². The molecule has 4 atom stereocenters. The van der Waals surface area contributed by atoms with E-state index < -0.39 is 11.9 Å². The zero-order valence-corrected chi connectivity index (χ0v) is 32.4. The number of ketones is 2. The van der Waals surface area contributed by atoms with Gasteiger partial charge in [0, 0.05) is 46.7 Å². The molecule has 280 valence electrons. The number of ether oxygens (including phenoxy) is 2. The summed E-state index contributed by atoms with van der Waals surface area (Å²) < 4.78 is 11.1. The molecule has 0 radical (unpaired) electrons. The van der Waals surface area contributed by atoms with E-state index in [4.69, 9.17) is 9.47 Å². The highest BCUT2D eigenvalue weighted by atomic mass is 16.5. The maximum absolute atomic E-state index is 12.9. The molecule has 4 unspecified atom stereocenters. The fourth-order valence-electron chi connectivity index (χ4n) is 6.31. The molecule has 0 bridgehead atoms. The third-order valence-corrected chi connectivity index (χ3v) is 10.2. The molecule has 0 aromatic heterocycles. The van der Waals surface area contributed by atoms with E-state index in [1.165, 1.54) is 0 Å². The van der Waals surface area contributed by atoms with Crippen molar-refractivity contribution in [1.82, 2.24) is 0 Å². The third kappa shape index (κ3) is 10.4. The monoisotopic (exact) mass is 718 g/mol. The summed E-state index contributed by atoms with van der Waals surface area (Å²) in [6.45, 7) is 17.5. The summed E-state index contributed by atoms with van der Waals surface area (Å²) in [5.41, 5.74) is 3.62. The number of rotatable bonds is 18. The minimum atomic E-state index is -0.498. The second kappa shape index (κ2) is 19.0. The summed E-state index contributed by atoms with van der Waals surface area (Å²) in [6, 6.07) is 28.7. The lowest BCUT2D eigenvalue weighted by Crippen LogP contribution is -2.39. The molecule has 0 saturated heterocycles. The van der Waals surface area contributed by atoms with Gasteiger partial charge in [0.15, 0.2) is 11.6 Å². The lowest BCUT2D eigenvalue weighted by molar-refractivity contribution is 0.0725. The second-order valence-corrected chi connectivity index (χ2v) is 13.8. The van der Waals surface area contributed by atoms with Crippen molar-refractivity contribution >= 4 is 34.9 Å². The average molecular weight is 719 g/mol. The van der Waals surface area contributed by atoms with Gasteiger partial charge in [-0.2, -0.15) is 0 Å². The Balaban J connectivity index is 1.30. The number of carbonyl (C=O) groups is 4. The highest BCUT2D eigenvalue weighted by Gasteiger charge is 2.21. The number of hydrogen-bond donors (Lipinski definition) is 0. The molecule has 4 aromatic carbocycles. The summed E-state index contributed by atoms with van der Waals surface area (Å²) in [7, 11) is 0. The van der Waals surface area contributed by atoms with E-state index in [1.54, 1.807) is 72.8 Å². The smallest absolute Gasteiger partial charge is 0.343 e. The maximum atomic E-state index is 12.9. The van der Waals surface area contributed by atoms with Crippen molar-refractivity contribution < 1.29 is 28.7 Å². The molecule has 0 heterocycles. The fourth-order valence-corrected chi connectivity index (χ4v) is 6.31. The molecule has 4 aromatic rings. The Hall–Kier alpha value is -5.24. The summed E-state index contributed by atoms with van der Waals surface area (Å²) in [5.74, 6) is -1.14. The zero-order valence-electron chi connectivity index (χ0n) is 32.4. The van der Waals surface area contributed by atoms with Gasteiger partial charge >= 0.3 is 11.9 Å². The van der Waals surface area contributed by atoms with Crippen molar-refractivity contribution in [2.24, 2.45) is 0 Å². The Morgan fingerprint density at radius 3 is 0.962 bits per heavy atom. The molecule has 8 heteroatoms. The lowest BCUT2D eigenvalue weighted by atomic mass is 10.0. The quantitative estimate of drug-likeness (QED) is 0.0434. The number of esters is 2. The molecule has 0 aliphatic heterocycles. The van der Waals surface area contributed by atoms with Gasteiger partial charge < -0.3 is 19.3 Å². The summed E-state index contributed by atoms with van der Waals surface area (Å²) >= 11 is 0. The number of hydrogen-bond acceptors (Lipinski definition) is 8. The van der Waals surface area contributed by atoms with Gasteiger partial charge in [-0.05, 0) is 150 Å². The standard InChI is InChI=1S/C45H54N2O6/c1-9-30(5)46(31(6)10-2)38-21-13-36(14-22-38)44(50)52-40-25-17-34(18-26-40)42(48)29-43(49)35-19-27-41(28-20-35)53-45(51)37-15-23-39(24-16-37)47(32(7)11-3)33(8)12-4/h13-28,30-33H,9-12,29H2,1-8H3. The summed E-state index contributed by atoms with van der Waals surface area (Å²) in [6.07, 6.45) is 3.71. The normalized spacial score (nSPS) is 13.3. The van der Waals surface area contributed by atoms with Crippen LogP contribution in [0.25, 0.3) is 0 Å². The molecule has 0 aliphatic rings. The topological polar surface area (TPSA) is 93.2 Å². The van der Waals surface area contributed by atoms with E-state index in [-0.39, 0.29) is 18.0 Å². The van der Waals surface area contributed by atoms with E-state index in [1.807, 2.05) is 24.3 Å². The lowest BCUT2D eigenvalue weighted by Gasteiger charge is -2.36. The molecule has 0 aliphatic carbocycles. The Bertz CT molecular complexity index is 1660. The Morgan fingerprint density at radius 2 is 0.698 bits per heavy atom. The number of benzene rings is 4. The van der Waals surface area contributed by atoms with Crippen LogP contribution < -0.4 is 19.3 Å². The molecule has 0 N–H and O–H groups in total. The van der Waals surface area contributed by atoms with Gasteiger partial charge in [-0.15, -0.1) is 0 Å². The van der Waals surface area contributed by atoms with Crippen molar-refractivity contribution in [3.8, 4) is 11.5 Å². The number of carbonyl (C=O) groups excluding carboxylic acids is 4. The van der Waals surface area contributed by atoms with Crippen molar-refractivity contribution in [1.29, 1.82) is 0 Å². The molecule has 0 spiro atoms. The number of nitrogens with zero attached hydrogens (tertiary/aromatic N) is 2. The van der Waals surface area contributed by atoms with Crippen LogP contribution in [0.1, 0.15) is 129 Å². The van der Waals surface area contributed by atoms with E-state index in [0.717, 1.165) is 37.1 Å². The molecule has 0 amide bonds. The minimum Gasteiger partial charge on any atom is -0.423 e. The molecule has 53 heavy (non-hydrogen) atoms. The minimum absolute atomic E-state index is 0.294. The van der Waals surface area contributed by atoms with Crippen molar-refractivity contribution in [2.75, 3.05) is 9.80 Å². The Labute approximate surface area is 315 Å². The van der Waals surface area contributed by atoms with Crippen LogP contribution in [0.15, 0.2) is 97.1 Å². The third-order valence-electron chi connectivity index (χ3n) is 10.2. The van der Waals surface area contributed by atoms with Crippen LogP contribution >= 0.6 is 0 Å². The first-order valence-corrected chi connectivity index (χ1v) is 18.9. The predicted molar refractivity (Wildman–Crippen MR) is 213 cm³/mol. The summed E-state index contributed by atoms with van der Waals surface area (Å²) in [5, 5.41) is 0. The first-order valence-electron chi connectivity index (χ1n) is 18.9. The van der Waals surface area contributed by atoms with Crippen LogP contribution in [0.3, 0.4) is 0 Å². The van der Waals surface area contributed by atoms with Gasteiger partial charge in [-0.25, -0.2) is 9.59 Å². The largest absolute Gasteiger partial charge is 0.423 e. The van der Waals surface area contributed by atoms with Crippen molar-refractivity contribution in [3.05, 3.63) is 119 Å². The van der Waals surface area contributed by atoms with Crippen LogP contribution in [0, 0.1) is 0 Å². The van der Waals surface area contributed by atoms with E-state index in [2.05, 4.69) is 65.2 Å². The fraction of sp³-hybridized carbons (Fsp3) is 0.378. The van der Waals surface area contributed by atoms with Gasteiger partial charge in [0.05, 0.1) is 17.5 Å². The molecule has 0 saturated carbocycles. The van der Waals surface area contributed by atoms with Crippen LogP contribution in [0.2, 0.25) is 0 Å². The average Bonchev–Trinajstić information content (AvgIpc) is 3.18. The summed E-state index contributed by atoms with van der Waals surface area (Å²) in [4.78, 5) is 56.4. The van der Waals surface area contributed by atoms with E-state index in [0.29, 0.717) is 57.9 Å². The number of anilines is 2. The van der Waals surface area contributed by atoms with E-state index >= 15 is 0 Å². The zero-order chi connectivity index (χ0) is 38.7. The number of Topliss-reactive ketones (excluding diaryl/α,β-unsaturated/α-hetero) is 2. The molecule has 0 fully saturated rings. The highest BCUT2D eigenvalue weighted by Crippen LogP contribution is 2.26. The van der Waals surface area contributed by atoms with E-state index in [9.17, 15) is 19.2 Å². The Morgan fingerprint density at radius 1 is 0.434 bits per heavy atom. The first-order chi connectivity index (χ1) is 25.4. The van der Waals surface area contributed by atoms with Crippen LogP contribution in [0.4, 0.5) is 11.4 Å². The maximum Gasteiger partial charge on any atom is 0.343 e. The molecule has 4 rings (SSSR count). The van der Waals surface area contributed by atoms with Gasteiger partial charge in [-0.3, -0.25) is 9.59 Å². The SMILES string of the molecule is CCC(C)N(c1ccc(C(=O)Oc2ccc(C(=O)CC(=O)c3ccc(OC(=O)c4ccc(N(C(C)CC)C(C)CC)cc4)cc3)cc2)cc1)C(C)CC. The van der Waals surface area contributed by atoms with Crippen molar-refractivity contribution in [3.63, 3.8) is 0 Å². The van der Waals surface area contributed by atoms with Crippen molar-refractivity contribution in [2.45, 2.75) is 112 Å². The Kier molecular flexibility index (Phi) is 14.5. The second-order valence-electron chi connectivity index (χ2n) is 13.8. The van der Waals surface area contributed by atoms with Crippen LogP contribution in [-0.2, 0) is 0 Å². The van der Waals surface area contributed by atoms with Gasteiger partial charge in [0.25, 0.3) is 0 Å². The van der Waals surface area contributed by atoms with Crippen LogP contribution in [0.5, 0.6) is 11.5 Å².